The lowest BCUT2D eigenvalue weighted by Crippen LogP contribution is -2.33. The Morgan fingerprint density at radius 2 is 1.80 bits per heavy atom. The number of hydrogen-bond donors (Lipinski definition) is 2. The lowest BCUT2D eigenvalue weighted by molar-refractivity contribution is -0.122. The van der Waals surface area contributed by atoms with Gasteiger partial charge in [0.05, 0.1) is 17.3 Å². The Morgan fingerprint density at radius 1 is 1.12 bits per heavy atom. The molecule has 6 nitrogen and oxygen atoms in total. The van der Waals surface area contributed by atoms with Crippen LogP contribution in [0.5, 0.6) is 0 Å². The first-order valence-electron chi connectivity index (χ1n) is 8.97. The summed E-state index contributed by atoms with van der Waals surface area (Å²) in [6.07, 6.45) is 6.35. The molecule has 0 bridgehead atoms. The van der Waals surface area contributed by atoms with Crippen LogP contribution in [-0.2, 0) is 4.79 Å². The number of carbonyl (C=O) groups is 2. The van der Waals surface area contributed by atoms with Crippen molar-refractivity contribution in [1.82, 2.24) is 0 Å². The second-order valence-electron chi connectivity index (χ2n) is 7.00. The lowest BCUT2D eigenvalue weighted by atomic mass is 9.87. The third-order valence-corrected chi connectivity index (χ3v) is 5.32. The Morgan fingerprint density at radius 3 is 2.40 bits per heavy atom. The second-order valence-corrected chi connectivity index (χ2v) is 7.00. The fraction of sp³-hybridized carbons (Fsp3) is 0.526. The first-order chi connectivity index (χ1) is 12.1. The molecular formula is C19H24N4O2. The molecule has 0 radical (unpaired) electrons. The molecule has 0 spiro atoms. The number of rotatable bonds is 4. The molecule has 0 aromatic heterocycles. The van der Waals surface area contributed by atoms with E-state index in [0.29, 0.717) is 24.1 Å². The Balaban J connectivity index is 1.86. The van der Waals surface area contributed by atoms with Crippen molar-refractivity contribution >= 4 is 23.2 Å². The number of anilines is 2. The summed E-state index contributed by atoms with van der Waals surface area (Å²) in [6.45, 7) is 1.75. The van der Waals surface area contributed by atoms with Crippen molar-refractivity contribution in [2.24, 2.45) is 11.1 Å². The first kappa shape index (κ1) is 17.3. The molecule has 1 saturated heterocycles. The van der Waals surface area contributed by atoms with Crippen LogP contribution in [0.2, 0.25) is 0 Å². The molecule has 1 aliphatic carbocycles. The van der Waals surface area contributed by atoms with Gasteiger partial charge in [-0.2, -0.15) is 5.26 Å². The fourth-order valence-electron chi connectivity index (χ4n) is 3.83. The van der Waals surface area contributed by atoms with E-state index in [4.69, 9.17) is 5.73 Å². The van der Waals surface area contributed by atoms with E-state index in [1.807, 2.05) is 6.07 Å². The van der Waals surface area contributed by atoms with Crippen LogP contribution < -0.4 is 16.0 Å². The van der Waals surface area contributed by atoms with Crippen LogP contribution in [0.25, 0.3) is 0 Å². The average molecular weight is 340 g/mol. The monoisotopic (exact) mass is 340 g/mol. The molecule has 1 heterocycles. The zero-order valence-electron chi connectivity index (χ0n) is 14.4. The minimum atomic E-state index is -0.923. The van der Waals surface area contributed by atoms with E-state index in [0.717, 1.165) is 44.5 Å². The van der Waals surface area contributed by atoms with Crippen LogP contribution in [0, 0.1) is 16.7 Å². The number of piperidine rings is 1. The SMILES string of the molecule is N#CC1(C(=O)Nc2ccc(C(N)=O)c(N3CCCCC3)c2)CCCC1. The number of nitrogens with zero attached hydrogens (tertiary/aromatic N) is 2. The van der Waals surface area contributed by atoms with Crippen LogP contribution in [0.15, 0.2) is 18.2 Å². The van der Waals surface area contributed by atoms with Gasteiger partial charge in [0.1, 0.15) is 5.41 Å². The Kier molecular flexibility index (Phi) is 4.93. The highest BCUT2D eigenvalue weighted by Crippen LogP contribution is 2.39. The molecule has 2 aliphatic rings. The van der Waals surface area contributed by atoms with Crippen LogP contribution >= 0.6 is 0 Å². The molecule has 1 aromatic carbocycles. The summed E-state index contributed by atoms with van der Waals surface area (Å²) in [4.78, 5) is 26.6. The molecular weight excluding hydrogens is 316 g/mol. The molecule has 3 rings (SSSR count). The maximum absolute atomic E-state index is 12.6. The van der Waals surface area contributed by atoms with Gasteiger partial charge in [0, 0.05) is 18.8 Å². The van der Waals surface area contributed by atoms with Crippen molar-refractivity contribution in [3.8, 4) is 6.07 Å². The van der Waals surface area contributed by atoms with Crippen molar-refractivity contribution < 1.29 is 9.59 Å². The number of hydrogen-bond acceptors (Lipinski definition) is 4. The van der Waals surface area contributed by atoms with E-state index in [1.165, 1.54) is 6.42 Å². The molecule has 0 atom stereocenters. The van der Waals surface area contributed by atoms with Crippen LogP contribution in [0.1, 0.15) is 55.3 Å². The Bertz CT molecular complexity index is 711. The summed E-state index contributed by atoms with van der Waals surface area (Å²) in [7, 11) is 0. The van der Waals surface area contributed by atoms with Crippen molar-refractivity contribution in [1.29, 1.82) is 5.26 Å². The smallest absolute Gasteiger partial charge is 0.250 e. The summed E-state index contributed by atoms with van der Waals surface area (Å²) in [5, 5.41) is 12.3. The number of benzene rings is 1. The number of nitriles is 1. The van der Waals surface area contributed by atoms with E-state index < -0.39 is 11.3 Å². The van der Waals surface area contributed by atoms with Gasteiger partial charge >= 0.3 is 0 Å². The molecule has 1 aliphatic heterocycles. The summed E-state index contributed by atoms with van der Waals surface area (Å²) in [5.41, 5.74) is 6.44. The van der Waals surface area contributed by atoms with E-state index in [2.05, 4.69) is 16.3 Å². The molecule has 3 N–H and O–H groups in total. The molecule has 6 heteroatoms. The maximum Gasteiger partial charge on any atom is 0.250 e. The van der Waals surface area contributed by atoms with Gasteiger partial charge in [0.25, 0.3) is 5.91 Å². The largest absolute Gasteiger partial charge is 0.371 e. The highest BCUT2D eigenvalue weighted by Gasteiger charge is 2.41. The maximum atomic E-state index is 12.6. The molecule has 2 fully saturated rings. The predicted octanol–water partition coefficient (Wildman–Crippen LogP) is 2.80. The Hall–Kier alpha value is -2.55. The number of nitrogens with one attached hydrogen (secondary N) is 1. The fourth-order valence-corrected chi connectivity index (χ4v) is 3.83. The van der Waals surface area contributed by atoms with Crippen LogP contribution in [0.3, 0.4) is 0 Å². The predicted molar refractivity (Wildman–Crippen MR) is 96.2 cm³/mol. The Labute approximate surface area is 148 Å². The van der Waals surface area contributed by atoms with Gasteiger partial charge in [-0.15, -0.1) is 0 Å². The summed E-state index contributed by atoms with van der Waals surface area (Å²) < 4.78 is 0. The van der Waals surface area contributed by atoms with E-state index in [9.17, 15) is 14.9 Å². The van der Waals surface area contributed by atoms with Crippen molar-refractivity contribution in [3.05, 3.63) is 23.8 Å². The number of primary amides is 1. The summed E-state index contributed by atoms with van der Waals surface area (Å²) in [6, 6.07) is 7.37. The van der Waals surface area contributed by atoms with Gasteiger partial charge in [0.15, 0.2) is 0 Å². The third-order valence-electron chi connectivity index (χ3n) is 5.32. The second kappa shape index (κ2) is 7.14. The molecule has 132 valence electrons. The summed E-state index contributed by atoms with van der Waals surface area (Å²) >= 11 is 0. The highest BCUT2D eigenvalue weighted by atomic mass is 16.2. The van der Waals surface area contributed by atoms with Gasteiger partial charge in [-0.05, 0) is 50.3 Å². The molecule has 2 amide bonds. The molecule has 25 heavy (non-hydrogen) atoms. The number of nitrogens with two attached hydrogens (primary N) is 1. The molecule has 1 saturated carbocycles. The lowest BCUT2D eigenvalue weighted by Gasteiger charge is -2.30. The summed E-state index contributed by atoms with van der Waals surface area (Å²) in [5.74, 6) is -0.716. The van der Waals surface area contributed by atoms with Gasteiger partial charge in [0.2, 0.25) is 5.91 Å². The normalized spacial score (nSPS) is 19.2. The molecule has 1 aromatic rings. The van der Waals surface area contributed by atoms with Gasteiger partial charge in [-0.1, -0.05) is 12.8 Å². The van der Waals surface area contributed by atoms with Crippen LogP contribution in [0.4, 0.5) is 11.4 Å². The topological polar surface area (TPSA) is 99.2 Å². The minimum absolute atomic E-state index is 0.246. The zero-order valence-corrected chi connectivity index (χ0v) is 14.4. The van der Waals surface area contributed by atoms with Gasteiger partial charge in [-0.3, -0.25) is 9.59 Å². The first-order valence-corrected chi connectivity index (χ1v) is 8.97. The van der Waals surface area contributed by atoms with Crippen molar-refractivity contribution in [2.45, 2.75) is 44.9 Å². The minimum Gasteiger partial charge on any atom is -0.371 e. The number of amides is 2. The van der Waals surface area contributed by atoms with E-state index in [-0.39, 0.29) is 5.91 Å². The van der Waals surface area contributed by atoms with E-state index >= 15 is 0 Å². The quantitative estimate of drug-likeness (QED) is 0.880. The van der Waals surface area contributed by atoms with Gasteiger partial charge < -0.3 is 16.0 Å². The highest BCUT2D eigenvalue weighted by molar-refractivity contribution is 6.02. The number of carbonyl (C=O) groups excluding carboxylic acids is 2. The average Bonchev–Trinajstić information content (AvgIpc) is 3.12. The van der Waals surface area contributed by atoms with Gasteiger partial charge in [-0.25, -0.2) is 0 Å². The van der Waals surface area contributed by atoms with Crippen LogP contribution in [-0.4, -0.2) is 24.9 Å². The van der Waals surface area contributed by atoms with Crippen molar-refractivity contribution in [2.75, 3.05) is 23.3 Å². The van der Waals surface area contributed by atoms with E-state index in [1.54, 1.807) is 12.1 Å². The van der Waals surface area contributed by atoms with Crippen molar-refractivity contribution in [3.63, 3.8) is 0 Å². The standard InChI is InChI=1S/C19H24N4O2/c20-13-19(8-2-3-9-19)18(25)22-14-6-7-15(17(21)24)16(12-14)23-10-4-1-5-11-23/h6-7,12H,1-5,8-11H2,(H2,21,24)(H,22,25). The zero-order chi connectivity index (χ0) is 17.9. The molecule has 0 unspecified atom stereocenters. The third kappa shape index (κ3) is 3.46.